The first kappa shape index (κ1) is 23.4. The molecule has 3 heterocycles. The van der Waals surface area contributed by atoms with Crippen LogP contribution >= 0.6 is 0 Å². The zero-order valence-electron chi connectivity index (χ0n) is 19.8. The summed E-state index contributed by atoms with van der Waals surface area (Å²) in [4.78, 5) is 31.2. The summed E-state index contributed by atoms with van der Waals surface area (Å²) in [5, 5.41) is 9.45. The van der Waals surface area contributed by atoms with E-state index in [1.54, 1.807) is 48.7 Å². The minimum atomic E-state index is -0.318. The number of pyridine rings is 1. The van der Waals surface area contributed by atoms with Crippen molar-refractivity contribution in [3.05, 3.63) is 65.7 Å². The molecule has 2 aromatic heterocycles. The van der Waals surface area contributed by atoms with Crippen molar-refractivity contribution in [1.82, 2.24) is 15.0 Å². The van der Waals surface area contributed by atoms with Crippen molar-refractivity contribution in [2.24, 2.45) is 0 Å². The normalized spacial score (nSPS) is 14.4. The largest absolute Gasteiger partial charge is 0.486 e. The van der Waals surface area contributed by atoms with Crippen LogP contribution in [0.2, 0.25) is 0 Å². The summed E-state index contributed by atoms with van der Waals surface area (Å²) in [5.41, 5.74) is 1.52. The topological polar surface area (TPSA) is 110 Å². The number of nitrogens with zero attached hydrogens (tertiary/aromatic N) is 3. The van der Waals surface area contributed by atoms with Gasteiger partial charge >= 0.3 is 0 Å². The Bertz CT molecular complexity index is 1140. The zero-order valence-corrected chi connectivity index (χ0v) is 19.8. The highest BCUT2D eigenvalue weighted by atomic mass is 16.5. The highest BCUT2D eigenvalue weighted by Crippen LogP contribution is 2.24. The molecule has 1 fully saturated rings. The maximum absolute atomic E-state index is 12.5. The fourth-order valence-electron chi connectivity index (χ4n) is 3.45. The van der Waals surface area contributed by atoms with Crippen LogP contribution in [0.25, 0.3) is 0 Å². The van der Waals surface area contributed by atoms with Crippen molar-refractivity contribution in [3.8, 4) is 5.75 Å². The molecule has 0 atom stereocenters. The van der Waals surface area contributed by atoms with E-state index in [1.807, 2.05) is 27.8 Å². The molecule has 9 nitrogen and oxygen atoms in total. The highest BCUT2D eigenvalue weighted by molar-refractivity contribution is 6.02. The average Bonchev–Trinajstić information content (AvgIpc) is 3.23. The van der Waals surface area contributed by atoms with E-state index in [2.05, 4.69) is 25.7 Å². The van der Waals surface area contributed by atoms with Crippen LogP contribution < -0.4 is 15.4 Å². The van der Waals surface area contributed by atoms with Crippen molar-refractivity contribution >= 4 is 23.3 Å². The molecule has 0 unspecified atom stereocenters. The first-order chi connectivity index (χ1) is 16.2. The number of rotatable bonds is 7. The fourth-order valence-corrected chi connectivity index (χ4v) is 3.45. The number of likely N-dealkylation sites (tertiary alicyclic amines) is 1. The monoisotopic (exact) mass is 463 g/mol. The Morgan fingerprint density at radius 2 is 1.85 bits per heavy atom. The smallest absolute Gasteiger partial charge is 0.274 e. The van der Waals surface area contributed by atoms with Gasteiger partial charge in [-0.15, -0.1) is 0 Å². The van der Waals surface area contributed by atoms with Gasteiger partial charge in [0.15, 0.2) is 5.82 Å². The number of amides is 2. The van der Waals surface area contributed by atoms with Crippen LogP contribution in [-0.4, -0.2) is 53.1 Å². The van der Waals surface area contributed by atoms with Gasteiger partial charge in [-0.25, -0.2) is 4.98 Å². The second-order valence-electron chi connectivity index (χ2n) is 9.54. The summed E-state index contributed by atoms with van der Waals surface area (Å²) in [6, 6.07) is 12.2. The van der Waals surface area contributed by atoms with Crippen LogP contribution in [0.3, 0.4) is 0 Å². The van der Waals surface area contributed by atoms with Crippen LogP contribution in [0.5, 0.6) is 5.75 Å². The summed E-state index contributed by atoms with van der Waals surface area (Å²) >= 11 is 0. The minimum Gasteiger partial charge on any atom is -0.486 e. The summed E-state index contributed by atoms with van der Waals surface area (Å²) in [7, 11) is 2.04. The van der Waals surface area contributed by atoms with Gasteiger partial charge in [0.05, 0.1) is 12.6 Å². The molecular weight excluding hydrogens is 434 g/mol. The standard InChI is InChI=1S/C25H29N5O4/c1-25(2,3)21-12-22(29-34-21)28-23(31)11-16-5-7-17(8-6-16)27-24(32)20-10-9-18(13-26-20)33-19-14-30(4)15-19/h5-10,12-13,19H,11,14-15H2,1-4H3,(H,27,32)(H,28,29,31). The number of benzene rings is 1. The van der Waals surface area contributed by atoms with Crippen molar-refractivity contribution in [1.29, 1.82) is 0 Å². The Hall–Kier alpha value is -3.72. The van der Waals surface area contributed by atoms with Crippen LogP contribution in [0, 0.1) is 0 Å². The van der Waals surface area contributed by atoms with Gasteiger partial charge in [-0.05, 0) is 36.9 Å². The lowest BCUT2D eigenvalue weighted by Crippen LogP contribution is -2.51. The van der Waals surface area contributed by atoms with E-state index in [0.29, 0.717) is 28.7 Å². The molecular formula is C25H29N5O4. The number of anilines is 2. The highest BCUT2D eigenvalue weighted by Gasteiger charge is 2.25. The zero-order chi connectivity index (χ0) is 24.3. The minimum absolute atomic E-state index is 0.170. The average molecular weight is 464 g/mol. The fraction of sp³-hybridized carbons (Fsp3) is 0.360. The molecule has 2 amide bonds. The third-order valence-corrected chi connectivity index (χ3v) is 5.40. The Kier molecular flexibility index (Phi) is 6.65. The van der Waals surface area contributed by atoms with Crippen LogP contribution in [0.4, 0.5) is 11.5 Å². The van der Waals surface area contributed by atoms with Gasteiger partial charge in [0, 0.05) is 30.3 Å². The lowest BCUT2D eigenvalue weighted by Gasteiger charge is -2.35. The number of carbonyl (C=O) groups is 2. The molecule has 0 spiro atoms. The van der Waals surface area contributed by atoms with Gasteiger partial charge in [0.1, 0.15) is 23.3 Å². The second kappa shape index (κ2) is 9.64. The van der Waals surface area contributed by atoms with Gasteiger partial charge in [-0.2, -0.15) is 0 Å². The van der Waals surface area contributed by atoms with E-state index in [-0.39, 0.29) is 29.8 Å². The summed E-state index contributed by atoms with van der Waals surface area (Å²) in [5.74, 6) is 1.22. The molecule has 1 saturated heterocycles. The molecule has 4 rings (SSSR count). The molecule has 2 N–H and O–H groups in total. The van der Waals surface area contributed by atoms with E-state index in [4.69, 9.17) is 9.26 Å². The third-order valence-electron chi connectivity index (χ3n) is 5.40. The van der Waals surface area contributed by atoms with Crippen LogP contribution in [-0.2, 0) is 16.6 Å². The SMILES string of the molecule is CN1CC(Oc2ccc(C(=O)Nc3ccc(CC(=O)Nc4cc(C(C)(C)C)on4)cc3)nc2)C1. The Balaban J connectivity index is 1.27. The maximum Gasteiger partial charge on any atom is 0.274 e. The Labute approximate surface area is 198 Å². The predicted octanol–water partition coefficient (Wildman–Crippen LogP) is 3.49. The molecule has 3 aromatic rings. The van der Waals surface area contributed by atoms with E-state index >= 15 is 0 Å². The van der Waals surface area contributed by atoms with Crippen LogP contribution in [0.1, 0.15) is 42.6 Å². The lowest BCUT2D eigenvalue weighted by atomic mass is 9.93. The van der Waals surface area contributed by atoms with Gasteiger partial charge < -0.3 is 19.9 Å². The van der Waals surface area contributed by atoms with Crippen molar-refractivity contribution in [3.63, 3.8) is 0 Å². The maximum atomic E-state index is 12.5. The van der Waals surface area contributed by atoms with E-state index < -0.39 is 0 Å². The van der Waals surface area contributed by atoms with Crippen LogP contribution in [0.15, 0.2) is 53.2 Å². The molecule has 178 valence electrons. The third kappa shape index (κ3) is 5.99. The summed E-state index contributed by atoms with van der Waals surface area (Å²) in [6.07, 6.45) is 1.91. The number of nitrogens with one attached hydrogen (secondary N) is 2. The van der Waals surface area contributed by atoms with E-state index in [0.717, 1.165) is 18.7 Å². The molecule has 0 saturated carbocycles. The molecule has 0 aliphatic carbocycles. The first-order valence-electron chi connectivity index (χ1n) is 11.1. The molecule has 34 heavy (non-hydrogen) atoms. The van der Waals surface area contributed by atoms with Gasteiger partial charge in [0.2, 0.25) is 5.91 Å². The van der Waals surface area contributed by atoms with Gasteiger partial charge in [-0.3, -0.25) is 14.5 Å². The molecule has 1 aliphatic heterocycles. The van der Waals surface area contributed by atoms with E-state index in [9.17, 15) is 9.59 Å². The number of hydrogen-bond acceptors (Lipinski definition) is 7. The van der Waals surface area contributed by atoms with E-state index in [1.165, 1.54) is 0 Å². The number of likely N-dealkylation sites (N-methyl/N-ethyl adjacent to an activating group) is 1. The Morgan fingerprint density at radius 3 is 2.44 bits per heavy atom. The first-order valence-corrected chi connectivity index (χ1v) is 11.1. The van der Waals surface area contributed by atoms with Crippen molar-refractivity contribution in [2.45, 2.75) is 38.7 Å². The lowest BCUT2D eigenvalue weighted by molar-refractivity contribution is -0.115. The summed E-state index contributed by atoms with van der Waals surface area (Å²) in [6.45, 7) is 7.80. The second-order valence-corrected chi connectivity index (χ2v) is 9.54. The molecule has 9 heteroatoms. The number of hydrogen-bond donors (Lipinski definition) is 2. The van der Waals surface area contributed by atoms with Crippen molar-refractivity contribution < 1.29 is 18.8 Å². The number of aromatic nitrogens is 2. The molecule has 1 aliphatic rings. The number of ether oxygens (including phenoxy) is 1. The van der Waals surface area contributed by atoms with Gasteiger partial charge in [-0.1, -0.05) is 38.1 Å². The number of carbonyl (C=O) groups excluding carboxylic acids is 2. The predicted molar refractivity (Wildman–Crippen MR) is 128 cm³/mol. The molecule has 1 aromatic carbocycles. The van der Waals surface area contributed by atoms with Gasteiger partial charge in [0.25, 0.3) is 5.91 Å². The molecule has 0 radical (unpaired) electrons. The van der Waals surface area contributed by atoms with Crippen molar-refractivity contribution in [2.75, 3.05) is 30.8 Å². The Morgan fingerprint density at radius 1 is 1.12 bits per heavy atom. The molecule has 0 bridgehead atoms. The quantitative estimate of drug-likeness (QED) is 0.552. The summed E-state index contributed by atoms with van der Waals surface area (Å²) < 4.78 is 11.1.